The van der Waals surface area contributed by atoms with Gasteiger partial charge in [-0.05, 0) is 19.1 Å². The van der Waals surface area contributed by atoms with Crippen molar-refractivity contribution in [3.05, 3.63) is 45.7 Å². The van der Waals surface area contributed by atoms with Crippen LogP contribution < -0.4 is 5.32 Å². The van der Waals surface area contributed by atoms with Crippen LogP contribution in [0, 0.1) is 18.3 Å². The topological polar surface area (TPSA) is 78.7 Å². The molecule has 2 rings (SSSR count). The van der Waals surface area contributed by atoms with Gasteiger partial charge in [-0.2, -0.15) is 5.26 Å². The third kappa shape index (κ3) is 3.60. The molecule has 19 heavy (non-hydrogen) atoms. The van der Waals surface area contributed by atoms with Crippen LogP contribution in [-0.4, -0.2) is 22.4 Å². The molecule has 2 aromatic heterocycles. The first-order valence-electron chi connectivity index (χ1n) is 5.74. The monoisotopic (exact) mass is 272 g/mol. The molecule has 0 unspecified atom stereocenters. The number of thiazole rings is 1. The molecule has 2 aromatic rings. The first kappa shape index (κ1) is 13.2. The lowest BCUT2D eigenvalue weighted by atomic mass is 10.2. The summed E-state index contributed by atoms with van der Waals surface area (Å²) in [6.07, 6.45) is 2.10. The lowest BCUT2D eigenvalue weighted by Gasteiger charge is -2.03. The van der Waals surface area contributed by atoms with E-state index < -0.39 is 0 Å². The normalized spacial score (nSPS) is 9.89. The minimum atomic E-state index is -0.238. The van der Waals surface area contributed by atoms with E-state index in [9.17, 15) is 4.79 Å². The molecule has 5 nitrogen and oxygen atoms in total. The van der Waals surface area contributed by atoms with E-state index in [1.807, 2.05) is 18.4 Å². The predicted octanol–water partition coefficient (Wildman–Crippen LogP) is 1.69. The molecule has 0 aliphatic carbocycles. The van der Waals surface area contributed by atoms with Gasteiger partial charge in [0.05, 0.1) is 10.6 Å². The van der Waals surface area contributed by atoms with Crippen LogP contribution >= 0.6 is 11.3 Å². The minimum absolute atomic E-state index is 0.238. The zero-order valence-corrected chi connectivity index (χ0v) is 11.2. The Morgan fingerprint density at radius 1 is 1.53 bits per heavy atom. The second-order valence-electron chi connectivity index (χ2n) is 3.93. The summed E-state index contributed by atoms with van der Waals surface area (Å²) in [7, 11) is 0. The van der Waals surface area contributed by atoms with E-state index in [2.05, 4.69) is 15.3 Å². The standard InChI is InChI=1S/C13H12N4OS/c1-9-8-19-12(17-9)4-5-15-13(18)11-3-2-10(6-14)7-16-11/h2-3,7-8H,4-5H2,1H3,(H,15,18). The molecular weight excluding hydrogens is 260 g/mol. The molecule has 0 aromatic carbocycles. The number of carbonyl (C=O) groups is 1. The summed E-state index contributed by atoms with van der Waals surface area (Å²) in [5.41, 5.74) is 1.75. The van der Waals surface area contributed by atoms with Gasteiger partial charge in [-0.15, -0.1) is 11.3 Å². The van der Waals surface area contributed by atoms with Crippen LogP contribution in [0.3, 0.4) is 0 Å². The highest BCUT2D eigenvalue weighted by Gasteiger charge is 2.07. The average molecular weight is 272 g/mol. The number of rotatable bonds is 4. The SMILES string of the molecule is Cc1csc(CCNC(=O)c2ccc(C#N)cn2)n1. The van der Waals surface area contributed by atoms with E-state index in [-0.39, 0.29) is 5.91 Å². The van der Waals surface area contributed by atoms with Gasteiger partial charge in [-0.1, -0.05) is 0 Å². The Labute approximate surface area is 114 Å². The number of nitrogens with one attached hydrogen (secondary N) is 1. The molecule has 1 N–H and O–H groups in total. The highest BCUT2D eigenvalue weighted by Crippen LogP contribution is 2.08. The number of carbonyl (C=O) groups excluding carboxylic acids is 1. The molecule has 0 aliphatic heterocycles. The van der Waals surface area contributed by atoms with E-state index in [1.165, 1.54) is 6.20 Å². The fourth-order valence-corrected chi connectivity index (χ4v) is 2.26. The molecule has 0 bridgehead atoms. The van der Waals surface area contributed by atoms with Crippen LogP contribution in [0.2, 0.25) is 0 Å². The molecule has 0 atom stereocenters. The molecule has 96 valence electrons. The van der Waals surface area contributed by atoms with E-state index in [0.717, 1.165) is 10.7 Å². The van der Waals surface area contributed by atoms with Gasteiger partial charge < -0.3 is 5.32 Å². The van der Waals surface area contributed by atoms with Crippen molar-refractivity contribution >= 4 is 17.2 Å². The number of nitriles is 1. The smallest absolute Gasteiger partial charge is 0.269 e. The van der Waals surface area contributed by atoms with E-state index >= 15 is 0 Å². The Bertz CT molecular complexity index is 612. The molecule has 2 heterocycles. The Balaban J connectivity index is 1.85. The largest absolute Gasteiger partial charge is 0.350 e. The van der Waals surface area contributed by atoms with Gasteiger partial charge in [0.1, 0.15) is 11.8 Å². The summed E-state index contributed by atoms with van der Waals surface area (Å²) in [5.74, 6) is -0.238. The summed E-state index contributed by atoms with van der Waals surface area (Å²) >= 11 is 1.59. The van der Waals surface area contributed by atoms with E-state index in [0.29, 0.717) is 24.2 Å². The number of hydrogen-bond acceptors (Lipinski definition) is 5. The van der Waals surface area contributed by atoms with Crippen molar-refractivity contribution < 1.29 is 4.79 Å². The van der Waals surface area contributed by atoms with Gasteiger partial charge >= 0.3 is 0 Å². The maximum absolute atomic E-state index is 11.8. The zero-order valence-electron chi connectivity index (χ0n) is 10.4. The van der Waals surface area contributed by atoms with Gasteiger partial charge in [0.25, 0.3) is 5.91 Å². The molecule has 0 saturated heterocycles. The summed E-state index contributed by atoms with van der Waals surface area (Å²) < 4.78 is 0. The average Bonchev–Trinajstić information content (AvgIpc) is 2.84. The number of amides is 1. The predicted molar refractivity (Wildman–Crippen MR) is 71.8 cm³/mol. The Kier molecular flexibility index (Phi) is 4.21. The van der Waals surface area contributed by atoms with Crippen molar-refractivity contribution in [2.45, 2.75) is 13.3 Å². The van der Waals surface area contributed by atoms with Crippen LogP contribution in [0.25, 0.3) is 0 Å². The molecular formula is C13H12N4OS. The second kappa shape index (κ2) is 6.07. The molecule has 0 fully saturated rings. The van der Waals surface area contributed by atoms with E-state index in [4.69, 9.17) is 5.26 Å². The van der Waals surface area contributed by atoms with Crippen molar-refractivity contribution in [2.75, 3.05) is 6.54 Å². The molecule has 1 amide bonds. The van der Waals surface area contributed by atoms with Crippen LogP contribution in [0.4, 0.5) is 0 Å². The number of nitrogens with zero attached hydrogens (tertiary/aromatic N) is 3. The maximum Gasteiger partial charge on any atom is 0.269 e. The Morgan fingerprint density at radius 3 is 2.95 bits per heavy atom. The summed E-state index contributed by atoms with van der Waals surface area (Å²) in [5, 5.41) is 14.4. The molecule has 0 saturated carbocycles. The van der Waals surface area contributed by atoms with Crippen LogP contribution in [0.1, 0.15) is 26.8 Å². The fourth-order valence-electron chi connectivity index (χ4n) is 1.49. The lowest BCUT2D eigenvalue weighted by molar-refractivity contribution is 0.0949. The number of pyridine rings is 1. The van der Waals surface area contributed by atoms with Crippen molar-refractivity contribution in [1.82, 2.24) is 15.3 Å². The molecule has 6 heteroatoms. The van der Waals surface area contributed by atoms with Crippen molar-refractivity contribution in [1.29, 1.82) is 5.26 Å². The van der Waals surface area contributed by atoms with Gasteiger partial charge in [-0.3, -0.25) is 4.79 Å². The first-order chi connectivity index (χ1) is 9.19. The lowest BCUT2D eigenvalue weighted by Crippen LogP contribution is -2.26. The highest BCUT2D eigenvalue weighted by molar-refractivity contribution is 7.09. The summed E-state index contributed by atoms with van der Waals surface area (Å²) in [4.78, 5) is 20.0. The van der Waals surface area contributed by atoms with E-state index in [1.54, 1.807) is 23.5 Å². The Hall–Kier alpha value is -2.26. The van der Waals surface area contributed by atoms with Gasteiger partial charge in [0.2, 0.25) is 0 Å². The molecule has 0 spiro atoms. The van der Waals surface area contributed by atoms with Crippen molar-refractivity contribution in [2.24, 2.45) is 0 Å². The molecule has 0 aliphatic rings. The summed E-state index contributed by atoms with van der Waals surface area (Å²) in [6.45, 7) is 2.46. The van der Waals surface area contributed by atoms with Crippen LogP contribution in [0.5, 0.6) is 0 Å². The number of aromatic nitrogens is 2. The van der Waals surface area contributed by atoms with Crippen LogP contribution in [0.15, 0.2) is 23.7 Å². The highest BCUT2D eigenvalue weighted by atomic mass is 32.1. The number of aryl methyl sites for hydroxylation is 1. The van der Waals surface area contributed by atoms with Crippen molar-refractivity contribution in [3.63, 3.8) is 0 Å². The maximum atomic E-state index is 11.8. The summed E-state index contributed by atoms with van der Waals surface area (Å²) in [6, 6.07) is 5.08. The third-order valence-electron chi connectivity index (χ3n) is 2.42. The zero-order chi connectivity index (χ0) is 13.7. The quantitative estimate of drug-likeness (QED) is 0.918. The second-order valence-corrected chi connectivity index (χ2v) is 4.88. The van der Waals surface area contributed by atoms with Gasteiger partial charge in [0, 0.05) is 30.2 Å². The van der Waals surface area contributed by atoms with Crippen molar-refractivity contribution in [3.8, 4) is 6.07 Å². The first-order valence-corrected chi connectivity index (χ1v) is 6.62. The Morgan fingerprint density at radius 2 is 2.37 bits per heavy atom. The molecule has 0 radical (unpaired) electrons. The van der Waals surface area contributed by atoms with Crippen LogP contribution in [-0.2, 0) is 6.42 Å². The number of hydrogen-bond donors (Lipinski definition) is 1. The third-order valence-corrected chi connectivity index (χ3v) is 3.44. The van der Waals surface area contributed by atoms with Gasteiger partial charge in [0.15, 0.2) is 0 Å². The fraction of sp³-hybridized carbons (Fsp3) is 0.231. The van der Waals surface area contributed by atoms with Gasteiger partial charge in [-0.25, -0.2) is 9.97 Å². The minimum Gasteiger partial charge on any atom is -0.350 e.